The molecule has 6 nitrogen and oxygen atoms in total. The molecule has 0 aliphatic rings. The molecule has 1 heterocycles. The Balaban J connectivity index is 1.80. The molecule has 2 aromatic rings. The van der Waals surface area contributed by atoms with Gasteiger partial charge in [0.2, 0.25) is 0 Å². The molecule has 24 heavy (non-hydrogen) atoms. The number of carbonyl (C=O) groups excluding carboxylic acids is 3. The summed E-state index contributed by atoms with van der Waals surface area (Å²) in [4.78, 5) is 34.5. The lowest BCUT2D eigenvalue weighted by Crippen LogP contribution is -2.44. The molecular weight excluding hydrogens is 349 g/mol. The summed E-state index contributed by atoms with van der Waals surface area (Å²) in [6.45, 7) is -2.36. The molecule has 0 bridgehead atoms. The maximum atomic E-state index is 11.9. The number of amides is 3. The van der Waals surface area contributed by atoms with E-state index in [0.717, 1.165) is 10.1 Å². The molecule has 1 aromatic carbocycles. The quantitative estimate of drug-likeness (QED) is 0.821. The topological polar surface area (TPSA) is 84.5 Å². The first-order valence-corrected chi connectivity index (χ1v) is 7.36. The number of halogens is 3. The van der Waals surface area contributed by atoms with Gasteiger partial charge in [0.1, 0.15) is 11.4 Å². The van der Waals surface area contributed by atoms with E-state index < -0.39 is 37.2 Å². The highest BCUT2D eigenvalue weighted by atomic mass is 32.1. The SMILES string of the molecule is O=C(COC(=O)c1cc2ccccc2s1)NC(=O)NCC(F)(F)F. The fourth-order valence-corrected chi connectivity index (χ4v) is 2.63. The number of alkyl halides is 3. The van der Waals surface area contributed by atoms with Gasteiger partial charge in [0.25, 0.3) is 5.91 Å². The van der Waals surface area contributed by atoms with E-state index in [9.17, 15) is 27.6 Å². The van der Waals surface area contributed by atoms with E-state index in [1.807, 2.05) is 6.07 Å². The fourth-order valence-electron chi connectivity index (χ4n) is 1.67. The molecule has 0 saturated carbocycles. The second-order valence-electron chi connectivity index (χ2n) is 4.57. The number of fused-ring (bicyclic) bond motifs is 1. The number of urea groups is 1. The second-order valence-corrected chi connectivity index (χ2v) is 5.65. The van der Waals surface area contributed by atoms with E-state index in [0.29, 0.717) is 0 Å². The van der Waals surface area contributed by atoms with Crippen LogP contribution in [0.25, 0.3) is 10.1 Å². The molecule has 0 atom stereocenters. The van der Waals surface area contributed by atoms with E-state index >= 15 is 0 Å². The standard InChI is InChI=1S/C14H11F3N2O4S/c15-14(16,17)7-18-13(22)19-11(20)6-23-12(21)10-5-8-3-1-2-4-9(8)24-10/h1-5H,6-7H2,(H2,18,19,20,22). The summed E-state index contributed by atoms with van der Waals surface area (Å²) >= 11 is 1.17. The van der Waals surface area contributed by atoms with Gasteiger partial charge < -0.3 is 10.1 Å². The molecule has 0 spiro atoms. The fraction of sp³-hybridized carbons (Fsp3) is 0.214. The average Bonchev–Trinajstić information content (AvgIpc) is 2.94. The van der Waals surface area contributed by atoms with Gasteiger partial charge in [0.05, 0.1) is 0 Å². The van der Waals surface area contributed by atoms with Crippen molar-refractivity contribution >= 4 is 39.3 Å². The Hall–Kier alpha value is -2.62. The predicted molar refractivity (Wildman–Crippen MR) is 79.7 cm³/mol. The number of ether oxygens (including phenoxy) is 1. The Morgan fingerprint density at radius 1 is 1.17 bits per heavy atom. The normalized spacial score (nSPS) is 11.1. The van der Waals surface area contributed by atoms with Gasteiger partial charge in [-0.3, -0.25) is 10.1 Å². The molecule has 0 saturated heterocycles. The Kier molecular flexibility index (Phi) is 5.39. The van der Waals surface area contributed by atoms with Gasteiger partial charge in [-0.15, -0.1) is 11.3 Å². The van der Waals surface area contributed by atoms with Crippen molar-refractivity contribution in [1.82, 2.24) is 10.6 Å². The lowest BCUT2D eigenvalue weighted by molar-refractivity contribution is -0.125. The number of carbonyl (C=O) groups is 3. The Labute approximate surface area is 137 Å². The Morgan fingerprint density at radius 3 is 2.54 bits per heavy atom. The smallest absolute Gasteiger partial charge is 0.405 e. The number of imide groups is 1. The van der Waals surface area contributed by atoms with Crippen molar-refractivity contribution in [2.45, 2.75) is 6.18 Å². The summed E-state index contributed by atoms with van der Waals surface area (Å²) in [5.74, 6) is -1.80. The van der Waals surface area contributed by atoms with E-state index in [1.165, 1.54) is 16.7 Å². The van der Waals surface area contributed by atoms with Crippen molar-refractivity contribution in [3.8, 4) is 0 Å². The van der Waals surface area contributed by atoms with Crippen molar-refractivity contribution in [1.29, 1.82) is 0 Å². The third kappa shape index (κ3) is 5.23. The molecule has 2 N–H and O–H groups in total. The molecular formula is C14H11F3N2O4S. The van der Waals surface area contributed by atoms with Crippen LogP contribution in [0.15, 0.2) is 30.3 Å². The highest BCUT2D eigenvalue weighted by Gasteiger charge is 2.28. The summed E-state index contributed by atoms with van der Waals surface area (Å²) in [6.07, 6.45) is -4.59. The van der Waals surface area contributed by atoms with Crippen LogP contribution in [0.3, 0.4) is 0 Å². The van der Waals surface area contributed by atoms with Gasteiger partial charge in [-0.05, 0) is 17.5 Å². The monoisotopic (exact) mass is 360 g/mol. The van der Waals surface area contributed by atoms with E-state index in [2.05, 4.69) is 0 Å². The van der Waals surface area contributed by atoms with Crippen molar-refractivity contribution in [2.75, 3.05) is 13.2 Å². The molecule has 10 heteroatoms. The number of hydrogen-bond acceptors (Lipinski definition) is 5. The third-order valence-electron chi connectivity index (χ3n) is 2.66. The molecule has 1 aromatic heterocycles. The average molecular weight is 360 g/mol. The number of rotatable bonds is 4. The van der Waals surface area contributed by atoms with Gasteiger partial charge in [-0.25, -0.2) is 9.59 Å². The van der Waals surface area contributed by atoms with Crippen molar-refractivity contribution in [2.24, 2.45) is 0 Å². The van der Waals surface area contributed by atoms with Crippen molar-refractivity contribution in [3.05, 3.63) is 35.2 Å². The summed E-state index contributed by atoms with van der Waals surface area (Å²) in [6, 6.07) is 7.50. The molecule has 0 unspecified atom stereocenters. The van der Waals surface area contributed by atoms with Crippen molar-refractivity contribution in [3.63, 3.8) is 0 Å². The zero-order valence-electron chi connectivity index (χ0n) is 12.0. The van der Waals surface area contributed by atoms with Crippen LogP contribution in [0.1, 0.15) is 9.67 Å². The van der Waals surface area contributed by atoms with Crippen LogP contribution in [0, 0.1) is 0 Å². The molecule has 128 valence electrons. The van der Waals surface area contributed by atoms with E-state index in [-0.39, 0.29) is 4.88 Å². The largest absolute Gasteiger partial charge is 0.451 e. The number of thiophene rings is 1. The van der Waals surface area contributed by atoms with E-state index in [4.69, 9.17) is 4.74 Å². The summed E-state index contributed by atoms with van der Waals surface area (Å²) in [7, 11) is 0. The summed E-state index contributed by atoms with van der Waals surface area (Å²) < 4.78 is 41.2. The maximum absolute atomic E-state index is 11.9. The number of hydrogen-bond donors (Lipinski definition) is 2. The van der Waals surface area contributed by atoms with Crippen LogP contribution >= 0.6 is 11.3 Å². The van der Waals surface area contributed by atoms with Gasteiger partial charge in [0.15, 0.2) is 6.61 Å². The molecule has 0 fully saturated rings. The first-order chi connectivity index (χ1) is 11.2. The van der Waals surface area contributed by atoms with Crippen LogP contribution in [0.4, 0.5) is 18.0 Å². The Bertz CT molecular complexity index is 740. The molecule has 3 amide bonds. The van der Waals surface area contributed by atoms with Crippen LogP contribution in [0.5, 0.6) is 0 Å². The van der Waals surface area contributed by atoms with Crippen LogP contribution in [0.2, 0.25) is 0 Å². The maximum Gasteiger partial charge on any atom is 0.405 e. The minimum atomic E-state index is -4.59. The first-order valence-electron chi connectivity index (χ1n) is 6.55. The van der Waals surface area contributed by atoms with Crippen LogP contribution in [-0.2, 0) is 9.53 Å². The van der Waals surface area contributed by atoms with Gasteiger partial charge in [-0.2, -0.15) is 13.2 Å². The number of nitrogens with one attached hydrogen (secondary N) is 2. The lowest BCUT2D eigenvalue weighted by atomic mass is 10.2. The second kappa shape index (κ2) is 7.30. The minimum Gasteiger partial charge on any atom is -0.451 e. The highest BCUT2D eigenvalue weighted by Crippen LogP contribution is 2.25. The van der Waals surface area contributed by atoms with E-state index in [1.54, 1.807) is 29.6 Å². The Morgan fingerprint density at radius 2 is 1.88 bits per heavy atom. The zero-order chi connectivity index (χ0) is 17.7. The van der Waals surface area contributed by atoms with Gasteiger partial charge in [-0.1, -0.05) is 18.2 Å². The molecule has 0 radical (unpaired) electrons. The minimum absolute atomic E-state index is 0.269. The summed E-state index contributed by atoms with van der Waals surface area (Å²) in [5, 5.41) is 3.92. The predicted octanol–water partition coefficient (Wildman–Crippen LogP) is 2.45. The first kappa shape index (κ1) is 17.7. The summed E-state index contributed by atoms with van der Waals surface area (Å²) in [5.41, 5.74) is 0. The third-order valence-corrected chi connectivity index (χ3v) is 3.76. The molecule has 0 aliphatic heterocycles. The van der Waals surface area contributed by atoms with Crippen molar-refractivity contribution < 1.29 is 32.3 Å². The van der Waals surface area contributed by atoms with Crippen LogP contribution < -0.4 is 10.6 Å². The van der Waals surface area contributed by atoms with Crippen LogP contribution in [-0.4, -0.2) is 37.2 Å². The van der Waals surface area contributed by atoms with Gasteiger partial charge >= 0.3 is 18.2 Å². The lowest BCUT2D eigenvalue weighted by Gasteiger charge is -2.09. The number of esters is 1. The highest BCUT2D eigenvalue weighted by molar-refractivity contribution is 7.20. The molecule has 0 aliphatic carbocycles. The number of benzene rings is 1. The zero-order valence-corrected chi connectivity index (χ0v) is 12.8. The van der Waals surface area contributed by atoms with Gasteiger partial charge in [0, 0.05) is 4.70 Å². The molecule has 2 rings (SSSR count).